The highest BCUT2D eigenvalue weighted by molar-refractivity contribution is 6.32. The van der Waals surface area contributed by atoms with Crippen LogP contribution in [0, 0.1) is 10.1 Å². The number of aromatic nitrogens is 2. The van der Waals surface area contributed by atoms with Gasteiger partial charge in [0, 0.05) is 18.8 Å². The number of nitrogens with zero attached hydrogens (tertiary/aromatic N) is 2. The number of nitrogens with one attached hydrogen (secondary N) is 1. The lowest BCUT2D eigenvalue weighted by atomic mass is 10.0. The summed E-state index contributed by atoms with van der Waals surface area (Å²) in [6.07, 6.45) is 6.02. The monoisotopic (exact) mass is 419 g/mol. The molecule has 2 N–H and O–H groups in total. The Bertz CT molecular complexity index is 868. The molecule has 3 aromatic rings. The highest BCUT2D eigenvalue weighted by Crippen LogP contribution is 2.26. The predicted octanol–water partition coefficient (Wildman–Crippen LogP) is 4.35. The van der Waals surface area contributed by atoms with E-state index in [9.17, 15) is 0 Å². The van der Waals surface area contributed by atoms with Gasteiger partial charge < -0.3 is 19.7 Å². The lowest BCUT2D eigenvalue weighted by molar-refractivity contribution is -0.742. The molecule has 0 amide bonds. The van der Waals surface area contributed by atoms with E-state index in [0.717, 1.165) is 24.4 Å². The number of hydrogen-bond acceptors (Lipinski definition) is 5. The normalized spacial score (nSPS) is 11.1. The lowest BCUT2D eigenvalue weighted by Crippen LogP contribution is -2.21. The Balaban J connectivity index is 0.000000687. The first-order valence-corrected chi connectivity index (χ1v) is 9.21. The number of H-pyrrole nitrogens is 1. The van der Waals surface area contributed by atoms with Gasteiger partial charge in [-0.2, -0.15) is 0 Å². The summed E-state index contributed by atoms with van der Waals surface area (Å²) in [5.74, 6) is 2.48. The van der Waals surface area contributed by atoms with Crippen LogP contribution in [0.5, 0.6) is 11.5 Å². The minimum absolute atomic E-state index is 0.0202. The van der Waals surface area contributed by atoms with Crippen molar-refractivity contribution in [2.45, 2.75) is 25.4 Å². The third-order valence-electron chi connectivity index (χ3n) is 4.02. The third-order valence-corrected chi connectivity index (χ3v) is 4.33. The average molecular weight is 420 g/mol. The molecule has 0 aliphatic rings. The highest BCUT2D eigenvalue weighted by Gasteiger charge is 2.15. The lowest BCUT2D eigenvalue weighted by Gasteiger charge is -2.19. The van der Waals surface area contributed by atoms with E-state index in [0.29, 0.717) is 17.2 Å². The molecule has 1 unspecified atom stereocenters. The number of methoxy groups -OCH3 is 1. The summed E-state index contributed by atoms with van der Waals surface area (Å²) in [7, 11) is 1.67. The number of halogens is 1. The average Bonchev–Trinajstić information content (AvgIpc) is 3.21. The van der Waals surface area contributed by atoms with Crippen molar-refractivity contribution in [2.75, 3.05) is 7.11 Å². The molecular formula is C20H22ClN3O5. The van der Waals surface area contributed by atoms with E-state index >= 15 is 0 Å². The smallest absolute Gasteiger partial charge is 0.291 e. The zero-order valence-corrected chi connectivity index (χ0v) is 16.6. The molecule has 1 atom stereocenters. The van der Waals surface area contributed by atoms with Crippen molar-refractivity contribution in [1.29, 1.82) is 0 Å². The van der Waals surface area contributed by atoms with Crippen LogP contribution < -0.4 is 9.47 Å². The van der Waals surface area contributed by atoms with Gasteiger partial charge in [0.25, 0.3) is 5.09 Å². The molecule has 8 nitrogen and oxygen atoms in total. The fourth-order valence-electron chi connectivity index (χ4n) is 2.67. The number of imidazole rings is 1. The molecule has 3 rings (SSSR count). The minimum Gasteiger partial charge on any atom is -0.497 e. The van der Waals surface area contributed by atoms with Crippen molar-refractivity contribution in [3.8, 4) is 11.5 Å². The second kappa shape index (κ2) is 11.6. The first-order valence-electron chi connectivity index (χ1n) is 8.83. The Labute approximate surface area is 173 Å². The summed E-state index contributed by atoms with van der Waals surface area (Å²) in [4.78, 5) is 15.8. The number of ether oxygens (including phenoxy) is 2. The van der Waals surface area contributed by atoms with Crippen LogP contribution in [-0.4, -0.2) is 33.5 Å². The second-order valence-electron chi connectivity index (χ2n) is 6.03. The fraction of sp³-hybridized carbons (Fsp3) is 0.250. The Morgan fingerprint density at radius 1 is 1.24 bits per heavy atom. The van der Waals surface area contributed by atoms with Gasteiger partial charge in [0.1, 0.15) is 23.4 Å². The molecule has 154 valence electrons. The summed E-state index contributed by atoms with van der Waals surface area (Å²) in [6, 6.07) is 15.7. The van der Waals surface area contributed by atoms with Crippen molar-refractivity contribution in [3.05, 3.63) is 87.4 Å². The Morgan fingerprint density at radius 3 is 2.52 bits per heavy atom. The van der Waals surface area contributed by atoms with Crippen LogP contribution in [-0.2, 0) is 12.8 Å². The Morgan fingerprint density at radius 2 is 1.93 bits per heavy atom. The van der Waals surface area contributed by atoms with E-state index < -0.39 is 5.09 Å². The van der Waals surface area contributed by atoms with E-state index in [-0.39, 0.29) is 6.10 Å². The molecular weight excluding hydrogens is 398 g/mol. The van der Waals surface area contributed by atoms with Crippen LogP contribution >= 0.6 is 11.6 Å². The van der Waals surface area contributed by atoms with Gasteiger partial charge in [-0.25, -0.2) is 4.98 Å². The van der Waals surface area contributed by atoms with E-state index in [1.54, 1.807) is 13.3 Å². The highest BCUT2D eigenvalue weighted by atomic mass is 35.5. The number of hydrogen-bond donors (Lipinski definition) is 2. The molecule has 0 bridgehead atoms. The minimum atomic E-state index is -1.50. The zero-order valence-electron chi connectivity index (χ0n) is 15.8. The standard InChI is InChI=1S/C20H21ClN2O2.HNO3/c1-24-16-9-6-15(7-10-16)8-11-17(14-20-22-12-13-23-20)25-19-5-3-2-4-18(19)21;2-1(3)4/h2-7,9-10,12-13,17H,8,11,14H2,1H3,(H,22,23);(H,2,3,4). The number of aromatic amines is 1. The quantitative estimate of drug-likeness (QED) is 0.415. The van der Waals surface area contributed by atoms with Crippen molar-refractivity contribution in [3.63, 3.8) is 0 Å². The molecule has 0 saturated carbocycles. The maximum absolute atomic E-state index is 8.36. The number of aryl methyl sites for hydroxylation is 1. The molecule has 0 aliphatic carbocycles. The van der Waals surface area contributed by atoms with Gasteiger partial charge in [-0.1, -0.05) is 35.9 Å². The number of para-hydroxylation sites is 1. The summed E-state index contributed by atoms with van der Waals surface area (Å²) in [5.41, 5.74) is 1.24. The van der Waals surface area contributed by atoms with Gasteiger partial charge in [-0.15, -0.1) is 10.1 Å². The van der Waals surface area contributed by atoms with E-state index in [2.05, 4.69) is 22.1 Å². The summed E-state index contributed by atoms with van der Waals surface area (Å²) in [6.45, 7) is 0. The number of benzene rings is 2. The second-order valence-corrected chi connectivity index (χ2v) is 6.44. The van der Waals surface area contributed by atoms with Gasteiger partial charge in [0.2, 0.25) is 0 Å². The summed E-state index contributed by atoms with van der Waals surface area (Å²) >= 11 is 6.24. The van der Waals surface area contributed by atoms with Crippen LogP contribution in [0.1, 0.15) is 17.8 Å². The molecule has 0 fully saturated rings. The van der Waals surface area contributed by atoms with E-state index in [4.69, 9.17) is 36.4 Å². The zero-order chi connectivity index (χ0) is 21.1. The summed E-state index contributed by atoms with van der Waals surface area (Å²) < 4.78 is 11.4. The Kier molecular flexibility index (Phi) is 8.78. The van der Waals surface area contributed by atoms with Gasteiger partial charge in [0.15, 0.2) is 0 Å². The van der Waals surface area contributed by atoms with Crippen molar-refractivity contribution >= 4 is 11.6 Å². The molecule has 1 heterocycles. The molecule has 1 aromatic heterocycles. The van der Waals surface area contributed by atoms with Gasteiger partial charge in [-0.05, 0) is 42.7 Å². The molecule has 0 saturated heterocycles. The number of rotatable bonds is 8. The predicted molar refractivity (Wildman–Crippen MR) is 108 cm³/mol. The molecule has 2 aromatic carbocycles. The van der Waals surface area contributed by atoms with E-state index in [1.165, 1.54) is 5.56 Å². The third kappa shape index (κ3) is 8.10. The van der Waals surface area contributed by atoms with Gasteiger partial charge in [0.05, 0.1) is 12.1 Å². The van der Waals surface area contributed by atoms with Crippen LogP contribution in [0.25, 0.3) is 0 Å². The van der Waals surface area contributed by atoms with E-state index in [1.807, 2.05) is 42.6 Å². The van der Waals surface area contributed by atoms with Crippen LogP contribution in [0.3, 0.4) is 0 Å². The topological polar surface area (TPSA) is 111 Å². The first kappa shape index (κ1) is 22.0. The van der Waals surface area contributed by atoms with Crippen molar-refractivity contribution in [1.82, 2.24) is 9.97 Å². The van der Waals surface area contributed by atoms with Crippen LogP contribution in [0.2, 0.25) is 5.02 Å². The molecule has 0 spiro atoms. The molecule has 0 radical (unpaired) electrons. The first-order chi connectivity index (χ1) is 14.0. The van der Waals surface area contributed by atoms with Gasteiger partial charge >= 0.3 is 0 Å². The summed E-state index contributed by atoms with van der Waals surface area (Å²) in [5, 5.41) is 14.3. The maximum atomic E-state index is 8.36. The fourth-order valence-corrected chi connectivity index (χ4v) is 2.85. The molecule has 0 aliphatic heterocycles. The van der Waals surface area contributed by atoms with Crippen LogP contribution in [0.4, 0.5) is 0 Å². The largest absolute Gasteiger partial charge is 0.497 e. The molecule has 29 heavy (non-hydrogen) atoms. The SMILES string of the molecule is COc1ccc(CCC(Cc2ncc[nH]2)Oc2ccccc2Cl)cc1.O=[N+]([O-])O. The van der Waals surface area contributed by atoms with Gasteiger partial charge in [-0.3, -0.25) is 0 Å². The van der Waals surface area contributed by atoms with Crippen molar-refractivity contribution in [2.24, 2.45) is 0 Å². The molecule has 9 heteroatoms. The maximum Gasteiger partial charge on any atom is 0.291 e. The Hall–Kier alpha value is -3.26. The van der Waals surface area contributed by atoms with Crippen molar-refractivity contribution < 1.29 is 19.8 Å². The van der Waals surface area contributed by atoms with Crippen LogP contribution in [0.15, 0.2) is 60.9 Å².